The van der Waals surface area contributed by atoms with Gasteiger partial charge < -0.3 is 10.1 Å². The van der Waals surface area contributed by atoms with Gasteiger partial charge in [0.05, 0.1) is 12.2 Å². The molecule has 1 aliphatic heterocycles. The highest BCUT2D eigenvalue weighted by atomic mass is 16.5. The van der Waals surface area contributed by atoms with E-state index in [1.807, 2.05) is 63.2 Å². The lowest BCUT2D eigenvalue weighted by Gasteiger charge is -2.13. The first kappa shape index (κ1) is 20.4. The molecule has 0 aliphatic carbocycles. The standard InChI is InChI=1S/C24H26N2O3/c1-5-12-26-23(27)21(18-11-10-16(3)17(4)14-18)22(24(26)28)25-19-8-7-9-20(15-19)29-13-6-2/h5,7-11,14-15,25H,1,6,12-13H2,2-4H3. The molecule has 2 aromatic rings. The van der Waals surface area contributed by atoms with E-state index < -0.39 is 0 Å². The number of ether oxygens (including phenoxy) is 1. The summed E-state index contributed by atoms with van der Waals surface area (Å²) in [5.74, 6) is 0.0342. The summed E-state index contributed by atoms with van der Waals surface area (Å²) in [6.07, 6.45) is 2.46. The number of rotatable bonds is 8. The van der Waals surface area contributed by atoms with E-state index in [0.29, 0.717) is 23.6 Å². The molecule has 0 saturated heterocycles. The van der Waals surface area contributed by atoms with Crippen LogP contribution >= 0.6 is 0 Å². The van der Waals surface area contributed by atoms with Crippen LogP contribution in [0.4, 0.5) is 5.69 Å². The third kappa shape index (κ3) is 4.24. The second-order valence-corrected chi connectivity index (χ2v) is 7.06. The van der Waals surface area contributed by atoms with Crippen LogP contribution in [0.2, 0.25) is 0 Å². The predicted molar refractivity (Wildman–Crippen MR) is 116 cm³/mol. The second-order valence-electron chi connectivity index (χ2n) is 7.06. The molecule has 0 atom stereocenters. The van der Waals surface area contributed by atoms with Gasteiger partial charge in [0.25, 0.3) is 11.8 Å². The zero-order valence-corrected chi connectivity index (χ0v) is 17.1. The molecule has 3 rings (SSSR count). The van der Waals surface area contributed by atoms with E-state index in [4.69, 9.17) is 4.74 Å². The monoisotopic (exact) mass is 390 g/mol. The molecule has 0 fully saturated rings. The molecule has 0 bridgehead atoms. The van der Waals surface area contributed by atoms with Crippen LogP contribution in [0.1, 0.15) is 30.0 Å². The van der Waals surface area contributed by atoms with Crippen molar-refractivity contribution < 1.29 is 14.3 Å². The van der Waals surface area contributed by atoms with E-state index in [1.54, 1.807) is 6.08 Å². The highest BCUT2D eigenvalue weighted by Crippen LogP contribution is 2.32. The van der Waals surface area contributed by atoms with Crippen LogP contribution < -0.4 is 10.1 Å². The van der Waals surface area contributed by atoms with Gasteiger partial charge in [-0.05, 0) is 49.1 Å². The van der Waals surface area contributed by atoms with E-state index in [2.05, 4.69) is 11.9 Å². The second kappa shape index (κ2) is 8.78. The number of anilines is 1. The van der Waals surface area contributed by atoms with Crippen LogP contribution in [0, 0.1) is 13.8 Å². The number of aryl methyl sites for hydroxylation is 2. The molecule has 0 spiro atoms. The van der Waals surface area contributed by atoms with Gasteiger partial charge in [-0.1, -0.05) is 37.3 Å². The molecule has 0 radical (unpaired) electrons. The average molecular weight is 390 g/mol. The Morgan fingerprint density at radius 3 is 2.55 bits per heavy atom. The number of hydrogen-bond acceptors (Lipinski definition) is 4. The Balaban J connectivity index is 2.03. The smallest absolute Gasteiger partial charge is 0.278 e. The molecular formula is C24H26N2O3. The van der Waals surface area contributed by atoms with Gasteiger partial charge in [0.1, 0.15) is 11.4 Å². The summed E-state index contributed by atoms with van der Waals surface area (Å²) >= 11 is 0. The minimum absolute atomic E-state index is 0.164. The summed E-state index contributed by atoms with van der Waals surface area (Å²) in [7, 11) is 0. The lowest BCUT2D eigenvalue weighted by atomic mass is 9.99. The molecule has 5 nitrogen and oxygen atoms in total. The summed E-state index contributed by atoms with van der Waals surface area (Å²) in [5, 5.41) is 3.16. The van der Waals surface area contributed by atoms with E-state index in [9.17, 15) is 9.59 Å². The van der Waals surface area contributed by atoms with Gasteiger partial charge in [0.2, 0.25) is 0 Å². The summed E-state index contributed by atoms with van der Waals surface area (Å²) in [6, 6.07) is 13.2. The van der Waals surface area contributed by atoms with E-state index >= 15 is 0 Å². The Morgan fingerprint density at radius 2 is 1.86 bits per heavy atom. The SMILES string of the molecule is C=CCN1C(=O)C(Nc2cccc(OCCC)c2)=C(c2ccc(C)c(C)c2)C1=O. The van der Waals surface area contributed by atoms with Gasteiger partial charge in [-0.2, -0.15) is 0 Å². The maximum atomic E-state index is 13.0. The van der Waals surface area contributed by atoms with Crippen molar-refractivity contribution in [2.75, 3.05) is 18.5 Å². The lowest BCUT2D eigenvalue weighted by Crippen LogP contribution is -2.32. The number of imide groups is 1. The first-order valence-electron chi connectivity index (χ1n) is 9.75. The Bertz CT molecular complexity index is 991. The van der Waals surface area contributed by atoms with Crippen molar-refractivity contribution in [3.63, 3.8) is 0 Å². The molecule has 0 unspecified atom stereocenters. The number of benzene rings is 2. The van der Waals surface area contributed by atoms with Crippen molar-refractivity contribution in [2.45, 2.75) is 27.2 Å². The van der Waals surface area contributed by atoms with Crippen molar-refractivity contribution in [2.24, 2.45) is 0 Å². The molecule has 2 amide bonds. The number of amides is 2. The zero-order valence-electron chi connectivity index (χ0n) is 17.1. The Labute approximate surface area is 171 Å². The molecule has 0 aromatic heterocycles. The molecule has 150 valence electrons. The number of nitrogens with one attached hydrogen (secondary N) is 1. The van der Waals surface area contributed by atoms with Gasteiger partial charge in [-0.25, -0.2) is 0 Å². The van der Waals surface area contributed by atoms with E-state index in [0.717, 1.165) is 23.1 Å². The van der Waals surface area contributed by atoms with Crippen molar-refractivity contribution in [1.82, 2.24) is 4.90 Å². The van der Waals surface area contributed by atoms with Crippen LogP contribution in [0.15, 0.2) is 60.8 Å². The summed E-state index contributed by atoms with van der Waals surface area (Å²) in [6.45, 7) is 10.5. The van der Waals surface area contributed by atoms with E-state index in [-0.39, 0.29) is 24.1 Å². The summed E-state index contributed by atoms with van der Waals surface area (Å²) < 4.78 is 5.68. The van der Waals surface area contributed by atoms with Crippen LogP contribution in [0.25, 0.3) is 5.57 Å². The summed E-state index contributed by atoms with van der Waals surface area (Å²) in [4.78, 5) is 27.3. The number of carbonyl (C=O) groups is 2. The van der Waals surface area contributed by atoms with Gasteiger partial charge >= 0.3 is 0 Å². The van der Waals surface area contributed by atoms with Crippen LogP contribution in [-0.4, -0.2) is 29.9 Å². The van der Waals surface area contributed by atoms with Gasteiger partial charge in [0, 0.05) is 18.3 Å². The van der Waals surface area contributed by atoms with Crippen molar-refractivity contribution in [1.29, 1.82) is 0 Å². The van der Waals surface area contributed by atoms with Crippen LogP contribution in [0.5, 0.6) is 5.75 Å². The largest absolute Gasteiger partial charge is 0.494 e. The topological polar surface area (TPSA) is 58.6 Å². The average Bonchev–Trinajstić information content (AvgIpc) is 2.93. The molecular weight excluding hydrogens is 364 g/mol. The molecule has 0 saturated carbocycles. The Morgan fingerprint density at radius 1 is 1.07 bits per heavy atom. The van der Waals surface area contributed by atoms with Crippen molar-refractivity contribution in [3.05, 3.63) is 77.5 Å². The first-order chi connectivity index (χ1) is 14.0. The lowest BCUT2D eigenvalue weighted by molar-refractivity contribution is -0.136. The van der Waals surface area contributed by atoms with Gasteiger partial charge in [0.15, 0.2) is 0 Å². The number of carbonyl (C=O) groups excluding carboxylic acids is 2. The molecule has 1 aliphatic rings. The van der Waals surface area contributed by atoms with Crippen molar-refractivity contribution >= 4 is 23.1 Å². The van der Waals surface area contributed by atoms with Crippen molar-refractivity contribution in [3.8, 4) is 5.75 Å². The summed E-state index contributed by atoms with van der Waals surface area (Å²) in [5.41, 5.74) is 4.25. The van der Waals surface area contributed by atoms with Crippen LogP contribution in [0.3, 0.4) is 0 Å². The molecule has 1 heterocycles. The fourth-order valence-electron chi connectivity index (χ4n) is 3.18. The highest BCUT2D eigenvalue weighted by Gasteiger charge is 2.38. The van der Waals surface area contributed by atoms with Gasteiger partial charge in [-0.3, -0.25) is 14.5 Å². The maximum absolute atomic E-state index is 13.0. The molecule has 29 heavy (non-hydrogen) atoms. The Hall–Kier alpha value is -3.34. The Kier molecular flexibility index (Phi) is 6.17. The molecule has 5 heteroatoms. The first-order valence-corrected chi connectivity index (χ1v) is 9.75. The zero-order chi connectivity index (χ0) is 21.0. The maximum Gasteiger partial charge on any atom is 0.278 e. The van der Waals surface area contributed by atoms with Crippen LogP contribution in [-0.2, 0) is 9.59 Å². The third-order valence-electron chi connectivity index (χ3n) is 4.85. The van der Waals surface area contributed by atoms with E-state index in [1.165, 1.54) is 4.90 Å². The number of nitrogens with zero attached hydrogens (tertiary/aromatic N) is 1. The minimum atomic E-state index is -0.358. The fraction of sp³-hybridized carbons (Fsp3) is 0.250. The predicted octanol–water partition coefficient (Wildman–Crippen LogP) is 4.47. The molecule has 2 aromatic carbocycles. The third-order valence-corrected chi connectivity index (χ3v) is 4.85. The minimum Gasteiger partial charge on any atom is -0.494 e. The van der Waals surface area contributed by atoms with Gasteiger partial charge in [-0.15, -0.1) is 6.58 Å². The quantitative estimate of drug-likeness (QED) is 0.534. The normalized spacial score (nSPS) is 13.8. The number of hydrogen-bond donors (Lipinski definition) is 1. The molecule has 1 N–H and O–H groups in total. The highest BCUT2D eigenvalue weighted by molar-refractivity contribution is 6.36. The fourth-order valence-corrected chi connectivity index (χ4v) is 3.18.